The molecule has 0 bridgehead atoms. The van der Waals surface area contributed by atoms with E-state index in [0.717, 1.165) is 15.8 Å². The Morgan fingerprint density at radius 1 is 1.37 bits per heavy atom. The smallest absolute Gasteiger partial charge is 0.219 e. The van der Waals surface area contributed by atoms with Gasteiger partial charge in [-0.3, -0.25) is 0 Å². The lowest BCUT2D eigenvalue weighted by Crippen LogP contribution is -2.13. The number of rotatable bonds is 3. The van der Waals surface area contributed by atoms with E-state index in [-0.39, 0.29) is 5.84 Å². The van der Waals surface area contributed by atoms with Gasteiger partial charge >= 0.3 is 0 Å². The second-order valence-corrected chi connectivity index (χ2v) is 4.80. The van der Waals surface area contributed by atoms with Gasteiger partial charge in [-0.05, 0) is 36.8 Å². The van der Waals surface area contributed by atoms with Gasteiger partial charge in [-0.25, -0.2) is 4.98 Å². The summed E-state index contributed by atoms with van der Waals surface area (Å²) in [5.74, 6) is 1.19. The molecule has 1 aromatic carbocycles. The van der Waals surface area contributed by atoms with Gasteiger partial charge in [-0.2, -0.15) is 0 Å². The van der Waals surface area contributed by atoms with E-state index in [1.54, 1.807) is 12.1 Å². The third-order valence-corrected chi connectivity index (χ3v) is 2.98. The summed E-state index contributed by atoms with van der Waals surface area (Å²) >= 11 is 3.39. The molecular formula is C13H12BrN3O2. The van der Waals surface area contributed by atoms with Crippen LogP contribution < -0.4 is 10.5 Å². The van der Waals surface area contributed by atoms with Crippen LogP contribution in [0.4, 0.5) is 0 Å². The van der Waals surface area contributed by atoms with Gasteiger partial charge in [-0.15, -0.1) is 0 Å². The fraction of sp³-hybridized carbons (Fsp3) is 0.0769. The molecule has 0 saturated heterocycles. The summed E-state index contributed by atoms with van der Waals surface area (Å²) in [5, 5.41) is 11.5. The fourth-order valence-electron chi connectivity index (χ4n) is 1.49. The molecule has 6 heteroatoms. The molecule has 0 atom stereocenters. The molecule has 0 amide bonds. The highest BCUT2D eigenvalue weighted by Gasteiger charge is 2.04. The van der Waals surface area contributed by atoms with Crippen LogP contribution in [0.2, 0.25) is 0 Å². The predicted octanol–water partition coefficient (Wildman–Crippen LogP) is 3.04. The van der Waals surface area contributed by atoms with Gasteiger partial charge in [0, 0.05) is 22.3 Å². The van der Waals surface area contributed by atoms with Crippen molar-refractivity contribution >= 4 is 21.8 Å². The maximum Gasteiger partial charge on any atom is 0.219 e. The molecule has 0 aliphatic rings. The molecule has 3 N–H and O–H groups in total. The number of oxime groups is 1. The molecule has 0 spiro atoms. The Kier molecular flexibility index (Phi) is 4.01. The number of nitrogens with two attached hydrogens (primary N) is 1. The third kappa shape index (κ3) is 3.23. The van der Waals surface area contributed by atoms with Crippen LogP contribution in [0.15, 0.2) is 46.2 Å². The zero-order chi connectivity index (χ0) is 13.8. The summed E-state index contributed by atoms with van der Waals surface area (Å²) in [6.07, 6.45) is 1.48. The number of pyridine rings is 1. The Balaban J connectivity index is 2.20. The van der Waals surface area contributed by atoms with Crippen LogP contribution >= 0.6 is 15.9 Å². The monoisotopic (exact) mass is 321 g/mol. The number of hydrogen-bond acceptors (Lipinski definition) is 4. The highest BCUT2D eigenvalue weighted by molar-refractivity contribution is 9.10. The number of aromatic nitrogens is 1. The Hall–Kier alpha value is -2.08. The lowest BCUT2D eigenvalue weighted by atomic mass is 10.2. The van der Waals surface area contributed by atoms with Crippen molar-refractivity contribution < 1.29 is 9.94 Å². The van der Waals surface area contributed by atoms with Gasteiger partial charge in [0.15, 0.2) is 5.84 Å². The zero-order valence-electron chi connectivity index (χ0n) is 10.2. The number of aryl methyl sites for hydroxylation is 1. The standard InChI is InChI=1S/C13H12BrN3O2/c1-8-6-10(14)3-4-11(8)19-12-5-2-9(7-16-12)13(15)17-18/h2-7,18H,1H3,(H2,15,17). The molecule has 1 heterocycles. The minimum Gasteiger partial charge on any atom is -0.439 e. The number of benzene rings is 1. The van der Waals surface area contributed by atoms with Gasteiger partial charge < -0.3 is 15.7 Å². The molecule has 0 aliphatic heterocycles. The van der Waals surface area contributed by atoms with Crippen LogP contribution in [0.5, 0.6) is 11.6 Å². The van der Waals surface area contributed by atoms with Gasteiger partial charge in [0.1, 0.15) is 5.75 Å². The van der Waals surface area contributed by atoms with Crippen molar-refractivity contribution in [3.63, 3.8) is 0 Å². The fourth-order valence-corrected chi connectivity index (χ4v) is 1.97. The first-order valence-corrected chi connectivity index (χ1v) is 6.27. The number of hydrogen-bond donors (Lipinski definition) is 2. The van der Waals surface area contributed by atoms with E-state index in [1.165, 1.54) is 6.20 Å². The van der Waals surface area contributed by atoms with Crippen molar-refractivity contribution in [1.29, 1.82) is 0 Å². The second kappa shape index (κ2) is 5.71. The maximum atomic E-state index is 8.55. The Labute approximate surface area is 118 Å². The van der Waals surface area contributed by atoms with Crippen molar-refractivity contribution in [3.8, 4) is 11.6 Å². The molecular weight excluding hydrogens is 310 g/mol. The SMILES string of the molecule is Cc1cc(Br)ccc1Oc1ccc(C(N)=NO)cn1. The summed E-state index contributed by atoms with van der Waals surface area (Å²) in [5.41, 5.74) is 6.98. The zero-order valence-corrected chi connectivity index (χ0v) is 11.8. The average Bonchev–Trinajstić information content (AvgIpc) is 2.42. The summed E-state index contributed by atoms with van der Waals surface area (Å²) in [6, 6.07) is 9.05. The van der Waals surface area contributed by atoms with Gasteiger partial charge in [-0.1, -0.05) is 21.1 Å². The van der Waals surface area contributed by atoms with Gasteiger partial charge in [0.2, 0.25) is 5.88 Å². The van der Waals surface area contributed by atoms with E-state index in [0.29, 0.717) is 11.4 Å². The first-order valence-electron chi connectivity index (χ1n) is 5.48. The summed E-state index contributed by atoms with van der Waals surface area (Å²) < 4.78 is 6.65. The highest BCUT2D eigenvalue weighted by atomic mass is 79.9. The molecule has 2 aromatic rings. The van der Waals surface area contributed by atoms with Crippen molar-refractivity contribution in [2.45, 2.75) is 6.92 Å². The molecule has 1 aromatic heterocycles. The number of nitrogens with zero attached hydrogens (tertiary/aromatic N) is 2. The Morgan fingerprint density at radius 2 is 2.16 bits per heavy atom. The first-order chi connectivity index (χ1) is 9.10. The van der Waals surface area contributed by atoms with E-state index in [1.807, 2.05) is 25.1 Å². The van der Waals surface area contributed by atoms with Crippen LogP contribution in [0.3, 0.4) is 0 Å². The van der Waals surface area contributed by atoms with Crippen LogP contribution in [-0.4, -0.2) is 16.0 Å². The third-order valence-electron chi connectivity index (χ3n) is 2.49. The predicted molar refractivity (Wildman–Crippen MR) is 75.7 cm³/mol. The normalized spacial score (nSPS) is 11.4. The van der Waals surface area contributed by atoms with Gasteiger partial charge in [0.05, 0.1) is 0 Å². The van der Waals surface area contributed by atoms with Crippen LogP contribution in [0, 0.1) is 6.92 Å². The van der Waals surface area contributed by atoms with Crippen molar-refractivity contribution in [2.75, 3.05) is 0 Å². The van der Waals surface area contributed by atoms with Crippen LogP contribution in [-0.2, 0) is 0 Å². The van der Waals surface area contributed by atoms with Gasteiger partial charge in [0.25, 0.3) is 0 Å². The van der Waals surface area contributed by atoms with E-state index < -0.39 is 0 Å². The molecule has 0 fully saturated rings. The molecule has 0 unspecified atom stereocenters. The van der Waals surface area contributed by atoms with E-state index in [2.05, 4.69) is 26.1 Å². The minimum absolute atomic E-state index is 0.0128. The number of amidine groups is 1. The van der Waals surface area contributed by atoms with Crippen LogP contribution in [0.25, 0.3) is 0 Å². The van der Waals surface area contributed by atoms with Crippen molar-refractivity contribution in [2.24, 2.45) is 10.9 Å². The van der Waals surface area contributed by atoms with Crippen LogP contribution in [0.1, 0.15) is 11.1 Å². The Morgan fingerprint density at radius 3 is 2.74 bits per heavy atom. The summed E-state index contributed by atoms with van der Waals surface area (Å²) in [4.78, 5) is 4.10. The number of ether oxygens (including phenoxy) is 1. The van der Waals surface area contributed by atoms with Crippen molar-refractivity contribution in [3.05, 3.63) is 52.1 Å². The lowest BCUT2D eigenvalue weighted by molar-refractivity contribution is 0.318. The minimum atomic E-state index is 0.0128. The summed E-state index contributed by atoms with van der Waals surface area (Å²) in [7, 11) is 0. The first kappa shape index (κ1) is 13.4. The highest BCUT2D eigenvalue weighted by Crippen LogP contribution is 2.26. The quantitative estimate of drug-likeness (QED) is 0.394. The molecule has 19 heavy (non-hydrogen) atoms. The molecule has 0 radical (unpaired) electrons. The second-order valence-electron chi connectivity index (χ2n) is 3.88. The molecule has 0 saturated carbocycles. The average molecular weight is 322 g/mol. The molecule has 5 nitrogen and oxygen atoms in total. The van der Waals surface area contributed by atoms with E-state index in [4.69, 9.17) is 15.7 Å². The molecule has 0 aliphatic carbocycles. The largest absolute Gasteiger partial charge is 0.439 e. The van der Waals surface area contributed by atoms with E-state index >= 15 is 0 Å². The molecule has 98 valence electrons. The maximum absolute atomic E-state index is 8.55. The van der Waals surface area contributed by atoms with E-state index in [9.17, 15) is 0 Å². The number of halogens is 1. The lowest BCUT2D eigenvalue weighted by Gasteiger charge is -2.08. The van der Waals surface area contributed by atoms with Crippen molar-refractivity contribution in [1.82, 2.24) is 4.98 Å². The summed E-state index contributed by atoms with van der Waals surface area (Å²) in [6.45, 7) is 1.95. The topological polar surface area (TPSA) is 80.7 Å². The molecule has 2 rings (SSSR count). The Bertz CT molecular complexity index is 612.